The van der Waals surface area contributed by atoms with E-state index in [1.807, 2.05) is 0 Å². The van der Waals surface area contributed by atoms with E-state index in [-0.39, 0.29) is 5.43 Å². The Balaban J connectivity index is 2.24. The summed E-state index contributed by atoms with van der Waals surface area (Å²) in [7, 11) is 0. The number of fused-ring (bicyclic) bond motifs is 1. The number of benzene rings is 1. The first-order valence-electron chi connectivity index (χ1n) is 5.58. The van der Waals surface area contributed by atoms with Crippen molar-refractivity contribution in [1.29, 1.82) is 0 Å². The monoisotopic (exact) mass is 255 g/mol. The summed E-state index contributed by atoms with van der Waals surface area (Å²) in [6, 6.07) is 8.08. The van der Waals surface area contributed by atoms with E-state index in [0.717, 1.165) is 5.69 Å². The Hall–Kier alpha value is -2.89. The molecule has 6 heteroatoms. The molecule has 6 nitrogen and oxygen atoms in total. The standard InChI is InChI=1S/C13H9N3O3/c17-9-3-5-16(6-4-9)8-1-2-10-11(7-8)15-13(19)12(18)14-10/h1-7H,(H,14,18)(H,15,19). The van der Waals surface area contributed by atoms with Crippen LogP contribution in [0.2, 0.25) is 0 Å². The van der Waals surface area contributed by atoms with Crippen molar-refractivity contribution in [1.82, 2.24) is 14.5 Å². The first kappa shape index (κ1) is 11.2. The zero-order valence-electron chi connectivity index (χ0n) is 9.71. The van der Waals surface area contributed by atoms with E-state index in [9.17, 15) is 14.4 Å². The molecule has 1 aromatic carbocycles. The van der Waals surface area contributed by atoms with Crippen LogP contribution >= 0.6 is 0 Å². The Labute approximate surface area is 106 Å². The van der Waals surface area contributed by atoms with Crippen LogP contribution in [0.1, 0.15) is 0 Å². The van der Waals surface area contributed by atoms with Gasteiger partial charge in [-0.3, -0.25) is 14.4 Å². The molecule has 0 atom stereocenters. The van der Waals surface area contributed by atoms with Crippen LogP contribution in [0, 0.1) is 0 Å². The molecule has 0 saturated heterocycles. The summed E-state index contributed by atoms with van der Waals surface area (Å²) in [4.78, 5) is 38.5. The third kappa shape index (κ3) is 1.99. The average Bonchev–Trinajstić information content (AvgIpc) is 2.40. The van der Waals surface area contributed by atoms with Crippen molar-refractivity contribution in [2.45, 2.75) is 0 Å². The highest BCUT2D eigenvalue weighted by Crippen LogP contribution is 2.12. The molecule has 0 spiro atoms. The highest BCUT2D eigenvalue weighted by molar-refractivity contribution is 5.76. The fourth-order valence-electron chi connectivity index (χ4n) is 1.85. The van der Waals surface area contributed by atoms with Gasteiger partial charge in [-0.15, -0.1) is 0 Å². The molecule has 0 saturated carbocycles. The van der Waals surface area contributed by atoms with Crippen LogP contribution in [0.15, 0.2) is 57.1 Å². The molecular weight excluding hydrogens is 246 g/mol. The third-order valence-electron chi connectivity index (χ3n) is 2.80. The van der Waals surface area contributed by atoms with Crippen LogP contribution in [0.3, 0.4) is 0 Å². The van der Waals surface area contributed by atoms with Gasteiger partial charge < -0.3 is 14.5 Å². The van der Waals surface area contributed by atoms with Crippen LogP contribution < -0.4 is 16.5 Å². The lowest BCUT2D eigenvalue weighted by atomic mass is 10.2. The zero-order chi connectivity index (χ0) is 13.4. The molecule has 0 aliphatic carbocycles. The number of aromatic nitrogens is 3. The molecular formula is C13H9N3O3. The van der Waals surface area contributed by atoms with Crippen molar-refractivity contribution >= 4 is 11.0 Å². The lowest BCUT2D eigenvalue weighted by molar-refractivity contribution is 1.04. The van der Waals surface area contributed by atoms with Gasteiger partial charge in [-0.1, -0.05) is 0 Å². The van der Waals surface area contributed by atoms with E-state index < -0.39 is 11.1 Å². The number of hydrogen-bond donors (Lipinski definition) is 2. The van der Waals surface area contributed by atoms with Crippen LogP contribution in [0.5, 0.6) is 0 Å². The van der Waals surface area contributed by atoms with Crippen molar-refractivity contribution in [3.8, 4) is 5.69 Å². The summed E-state index contributed by atoms with van der Waals surface area (Å²) in [6.45, 7) is 0. The Morgan fingerprint density at radius 3 is 2.11 bits per heavy atom. The molecule has 3 rings (SSSR count). The van der Waals surface area contributed by atoms with Crippen LogP contribution in [0.4, 0.5) is 0 Å². The number of rotatable bonds is 1. The second-order valence-corrected chi connectivity index (χ2v) is 4.08. The van der Waals surface area contributed by atoms with Crippen molar-refractivity contribution in [3.05, 3.63) is 73.7 Å². The second-order valence-electron chi connectivity index (χ2n) is 4.08. The molecule has 0 fully saturated rings. The van der Waals surface area contributed by atoms with Gasteiger partial charge in [0.15, 0.2) is 5.43 Å². The average molecular weight is 255 g/mol. The summed E-state index contributed by atoms with van der Waals surface area (Å²) in [5, 5.41) is 0. The molecule has 0 unspecified atom stereocenters. The number of nitrogens with one attached hydrogen (secondary N) is 2. The summed E-state index contributed by atoms with van der Waals surface area (Å²) in [5.41, 5.74) is 0.410. The van der Waals surface area contributed by atoms with Gasteiger partial charge in [-0.25, -0.2) is 0 Å². The largest absolute Gasteiger partial charge is 0.324 e. The first-order valence-corrected chi connectivity index (χ1v) is 5.58. The summed E-state index contributed by atoms with van der Waals surface area (Å²) < 4.78 is 1.74. The van der Waals surface area contributed by atoms with Crippen LogP contribution in [-0.2, 0) is 0 Å². The highest BCUT2D eigenvalue weighted by Gasteiger charge is 2.01. The van der Waals surface area contributed by atoms with Crippen molar-refractivity contribution < 1.29 is 0 Å². The maximum Gasteiger partial charge on any atom is 0.314 e. The fraction of sp³-hybridized carbons (Fsp3) is 0. The maximum atomic E-state index is 11.3. The maximum absolute atomic E-state index is 11.3. The lowest BCUT2D eigenvalue weighted by Crippen LogP contribution is -2.28. The van der Waals surface area contributed by atoms with Crippen molar-refractivity contribution in [3.63, 3.8) is 0 Å². The molecule has 2 N–H and O–H groups in total. The predicted molar refractivity (Wildman–Crippen MR) is 70.8 cm³/mol. The molecule has 0 aliphatic rings. The molecule has 0 amide bonds. The van der Waals surface area contributed by atoms with Gasteiger partial charge in [0, 0.05) is 30.2 Å². The quantitative estimate of drug-likeness (QED) is 0.616. The Morgan fingerprint density at radius 2 is 1.42 bits per heavy atom. The van der Waals surface area contributed by atoms with Crippen molar-refractivity contribution in [2.24, 2.45) is 0 Å². The SMILES string of the molecule is O=c1ccn(-c2ccc3[nH]c(=O)c(=O)[nH]c3c2)cc1. The minimum absolute atomic E-state index is 0.0743. The Bertz CT molecular complexity index is 914. The molecule has 19 heavy (non-hydrogen) atoms. The molecule has 2 aromatic heterocycles. The van der Waals surface area contributed by atoms with Gasteiger partial charge in [0.2, 0.25) is 0 Å². The number of nitrogens with zero attached hydrogens (tertiary/aromatic N) is 1. The summed E-state index contributed by atoms with van der Waals surface area (Å²) in [6.07, 6.45) is 3.26. The van der Waals surface area contributed by atoms with E-state index in [1.54, 1.807) is 35.2 Å². The first-order chi connectivity index (χ1) is 9.13. The fourth-order valence-corrected chi connectivity index (χ4v) is 1.85. The minimum atomic E-state index is -0.690. The van der Waals surface area contributed by atoms with Crippen LogP contribution in [-0.4, -0.2) is 14.5 Å². The molecule has 3 aromatic rings. The van der Waals surface area contributed by atoms with E-state index in [2.05, 4.69) is 9.97 Å². The van der Waals surface area contributed by atoms with Gasteiger partial charge in [-0.2, -0.15) is 0 Å². The number of hydrogen-bond acceptors (Lipinski definition) is 3. The van der Waals surface area contributed by atoms with Gasteiger partial charge in [0.05, 0.1) is 11.0 Å². The summed E-state index contributed by atoms with van der Waals surface area (Å²) >= 11 is 0. The Kier molecular flexibility index (Phi) is 2.42. The second kappa shape index (κ2) is 4.09. The van der Waals surface area contributed by atoms with Crippen LogP contribution in [0.25, 0.3) is 16.7 Å². The van der Waals surface area contributed by atoms with E-state index >= 15 is 0 Å². The molecule has 2 heterocycles. The normalized spacial score (nSPS) is 10.7. The van der Waals surface area contributed by atoms with E-state index in [4.69, 9.17) is 0 Å². The lowest BCUT2D eigenvalue weighted by Gasteiger charge is -2.06. The Morgan fingerprint density at radius 1 is 0.789 bits per heavy atom. The number of pyridine rings is 1. The van der Waals surface area contributed by atoms with Gasteiger partial charge in [0.25, 0.3) is 0 Å². The predicted octanol–water partition coefficient (Wildman–Crippen LogP) is 0.367. The topological polar surface area (TPSA) is 87.7 Å². The number of aromatic amines is 2. The van der Waals surface area contributed by atoms with Gasteiger partial charge in [0.1, 0.15) is 0 Å². The van der Waals surface area contributed by atoms with Crippen molar-refractivity contribution in [2.75, 3.05) is 0 Å². The molecule has 94 valence electrons. The van der Waals surface area contributed by atoms with Gasteiger partial charge >= 0.3 is 11.1 Å². The minimum Gasteiger partial charge on any atom is -0.324 e. The zero-order valence-corrected chi connectivity index (χ0v) is 9.71. The summed E-state index contributed by atoms with van der Waals surface area (Å²) in [5.74, 6) is 0. The smallest absolute Gasteiger partial charge is 0.314 e. The third-order valence-corrected chi connectivity index (χ3v) is 2.80. The molecule has 0 radical (unpaired) electrons. The highest BCUT2D eigenvalue weighted by atomic mass is 16.2. The molecule has 0 bridgehead atoms. The van der Waals surface area contributed by atoms with E-state index in [1.165, 1.54) is 12.1 Å². The van der Waals surface area contributed by atoms with E-state index in [0.29, 0.717) is 11.0 Å². The van der Waals surface area contributed by atoms with Gasteiger partial charge in [-0.05, 0) is 18.2 Å². The molecule has 0 aliphatic heterocycles. The number of H-pyrrole nitrogens is 2.